The summed E-state index contributed by atoms with van der Waals surface area (Å²) in [5.41, 5.74) is 1.51. The van der Waals surface area contributed by atoms with Gasteiger partial charge in [-0.15, -0.1) is 0 Å². The minimum absolute atomic E-state index is 0.0243. The molecule has 0 fully saturated rings. The maximum atomic E-state index is 13.1. The lowest BCUT2D eigenvalue weighted by Crippen LogP contribution is -2.49. The number of anilines is 1. The Morgan fingerprint density at radius 3 is 2.19 bits per heavy atom. The highest BCUT2D eigenvalue weighted by molar-refractivity contribution is 5.97. The Hall–Kier alpha value is -4.01. The molecule has 1 atom stereocenters. The van der Waals surface area contributed by atoms with Gasteiger partial charge in [-0.1, -0.05) is 42.5 Å². The van der Waals surface area contributed by atoms with Crippen LogP contribution in [0.25, 0.3) is 0 Å². The summed E-state index contributed by atoms with van der Waals surface area (Å²) in [6.45, 7) is 1.97. The molecule has 2 amide bonds. The lowest BCUT2D eigenvalue weighted by Gasteiger charge is -2.21. The van der Waals surface area contributed by atoms with Crippen molar-refractivity contribution in [1.82, 2.24) is 10.2 Å². The zero-order valence-corrected chi connectivity index (χ0v) is 19.7. The van der Waals surface area contributed by atoms with Gasteiger partial charge in [-0.05, 0) is 54.1 Å². The number of carbonyl (C=O) groups excluding carboxylic acids is 2. The van der Waals surface area contributed by atoms with Crippen molar-refractivity contribution >= 4 is 17.5 Å². The van der Waals surface area contributed by atoms with Crippen molar-refractivity contribution in [3.05, 3.63) is 102 Å². The van der Waals surface area contributed by atoms with E-state index in [0.29, 0.717) is 36.9 Å². The van der Waals surface area contributed by atoms with Crippen molar-refractivity contribution in [2.24, 2.45) is 0 Å². The van der Waals surface area contributed by atoms with Gasteiger partial charge in [0.15, 0.2) is 0 Å². The summed E-state index contributed by atoms with van der Waals surface area (Å²) >= 11 is 0. The number of ether oxygens (including phenoxy) is 2. The van der Waals surface area contributed by atoms with Crippen LogP contribution in [0.5, 0.6) is 11.5 Å². The number of hydrogen-bond acceptors (Lipinski definition) is 5. The maximum Gasteiger partial charge on any atom is 0.249 e. The molecule has 0 aromatic heterocycles. The Morgan fingerprint density at radius 2 is 1.53 bits per heavy atom. The second-order valence-electron chi connectivity index (χ2n) is 8.36. The van der Waals surface area contributed by atoms with E-state index in [0.717, 1.165) is 5.56 Å². The molecule has 1 heterocycles. The number of nitrogens with one attached hydrogen (secondary N) is 2. The molecule has 0 spiro atoms. The van der Waals surface area contributed by atoms with Crippen molar-refractivity contribution in [2.45, 2.75) is 12.6 Å². The van der Waals surface area contributed by atoms with Crippen LogP contribution in [0.15, 0.2) is 91.0 Å². The predicted molar refractivity (Wildman–Crippen MR) is 135 cm³/mol. The summed E-state index contributed by atoms with van der Waals surface area (Å²) in [5, 5.41) is 5.62. The standard InChI is InChI=1S/C28H28FN3O4/c29-22-8-12-24(13-9-22)36-25-14-10-23(11-15-25)30-28(34)26(20-35-19-21-6-2-1-3-7-21)31-27(33)18-32-16-4-5-17-32/h1-15,26H,16-20H2,(H,30,34)(H,31,33)/t26-/m0/s1. The molecule has 0 aliphatic carbocycles. The molecule has 1 aliphatic rings. The van der Waals surface area contributed by atoms with Gasteiger partial charge in [-0.3, -0.25) is 14.5 Å². The second-order valence-corrected chi connectivity index (χ2v) is 8.36. The fourth-order valence-electron chi connectivity index (χ4n) is 3.62. The molecule has 8 heteroatoms. The van der Waals surface area contributed by atoms with Gasteiger partial charge in [0.25, 0.3) is 0 Å². The Labute approximate surface area is 209 Å². The molecule has 36 heavy (non-hydrogen) atoms. The summed E-state index contributed by atoms with van der Waals surface area (Å²) < 4.78 is 24.5. The fraction of sp³-hybridized carbons (Fsp3) is 0.214. The van der Waals surface area contributed by atoms with Gasteiger partial charge in [0.05, 0.1) is 19.8 Å². The molecule has 1 aliphatic heterocycles. The van der Waals surface area contributed by atoms with Crippen molar-refractivity contribution in [3.63, 3.8) is 0 Å². The van der Waals surface area contributed by atoms with Gasteiger partial charge in [-0.2, -0.15) is 0 Å². The van der Waals surface area contributed by atoms with Crippen LogP contribution in [0, 0.1) is 5.82 Å². The highest BCUT2D eigenvalue weighted by Gasteiger charge is 2.23. The molecule has 2 N–H and O–H groups in total. The quantitative estimate of drug-likeness (QED) is 0.396. The van der Waals surface area contributed by atoms with E-state index in [1.807, 2.05) is 47.4 Å². The van der Waals surface area contributed by atoms with Crippen LogP contribution in [0.4, 0.5) is 10.1 Å². The normalized spacial score (nSPS) is 13.8. The number of hydrogen-bond donors (Lipinski definition) is 2. The monoisotopic (exact) mass is 489 g/mol. The van der Waals surface area contributed by atoms with Gasteiger partial charge in [0.1, 0.15) is 23.4 Å². The molecular weight excluding hydrogens is 461 g/mol. The SMILES string of the molecule is O=C(CN1CC=CC1)N[C@@H](COCc1ccccc1)C(=O)Nc1ccc(Oc2ccc(F)cc2)cc1. The highest BCUT2D eigenvalue weighted by atomic mass is 19.1. The average Bonchev–Trinajstić information content (AvgIpc) is 3.39. The van der Waals surface area contributed by atoms with Crippen LogP contribution in [0.2, 0.25) is 0 Å². The number of halogens is 1. The number of nitrogens with zero attached hydrogens (tertiary/aromatic N) is 1. The highest BCUT2D eigenvalue weighted by Crippen LogP contribution is 2.23. The zero-order chi connectivity index (χ0) is 25.2. The van der Waals surface area contributed by atoms with Crippen LogP contribution in [0.1, 0.15) is 5.56 Å². The first-order valence-corrected chi connectivity index (χ1v) is 11.7. The number of rotatable bonds is 11. The summed E-state index contributed by atoms with van der Waals surface area (Å²) in [5.74, 6) is 0.0647. The minimum Gasteiger partial charge on any atom is -0.457 e. The van der Waals surface area contributed by atoms with E-state index < -0.39 is 6.04 Å². The maximum absolute atomic E-state index is 13.1. The van der Waals surface area contributed by atoms with Crippen LogP contribution in [0.3, 0.4) is 0 Å². The molecule has 3 aromatic carbocycles. The molecule has 0 saturated heterocycles. The lowest BCUT2D eigenvalue weighted by molar-refractivity contribution is -0.128. The summed E-state index contributed by atoms with van der Waals surface area (Å²) in [7, 11) is 0. The van der Waals surface area contributed by atoms with E-state index in [1.54, 1.807) is 24.3 Å². The largest absolute Gasteiger partial charge is 0.457 e. The second kappa shape index (κ2) is 12.6. The van der Waals surface area contributed by atoms with E-state index in [4.69, 9.17) is 9.47 Å². The molecule has 0 radical (unpaired) electrons. The van der Waals surface area contributed by atoms with Gasteiger partial charge < -0.3 is 20.1 Å². The summed E-state index contributed by atoms with van der Waals surface area (Å²) in [4.78, 5) is 27.6. The smallest absolute Gasteiger partial charge is 0.249 e. The first-order valence-electron chi connectivity index (χ1n) is 11.7. The first-order chi connectivity index (χ1) is 17.5. The van der Waals surface area contributed by atoms with E-state index in [2.05, 4.69) is 10.6 Å². The number of amides is 2. The molecule has 186 valence electrons. The molecular formula is C28H28FN3O4. The molecule has 4 rings (SSSR count). The minimum atomic E-state index is -0.869. The molecule has 0 bridgehead atoms. The fourth-order valence-corrected chi connectivity index (χ4v) is 3.62. The summed E-state index contributed by atoms with van der Waals surface area (Å²) in [6.07, 6.45) is 4.01. The topological polar surface area (TPSA) is 79.9 Å². The number of benzene rings is 3. The van der Waals surface area contributed by atoms with Gasteiger partial charge in [-0.25, -0.2) is 4.39 Å². The van der Waals surface area contributed by atoms with Crippen LogP contribution >= 0.6 is 0 Å². The van der Waals surface area contributed by atoms with Crippen LogP contribution in [-0.4, -0.2) is 49.0 Å². The Bertz CT molecular complexity index is 1160. The molecule has 3 aromatic rings. The third-order valence-electron chi connectivity index (χ3n) is 5.48. The first kappa shape index (κ1) is 25.1. The van der Waals surface area contributed by atoms with Crippen LogP contribution in [-0.2, 0) is 20.9 Å². The third kappa shape index (κ3) is 7.76. The predicted octanol–water partition coefficient (Wildman–Crippen LogP) is 4.13. The molecule has 0 saturated carbocycles. The van der Waals surface area contributed by atoms with Gasteiger partial charge in [0.2, 0.25) is 11.8 Å². The van der Waals surface area contributed by atoms with E-state index in [1.165, 1.54) is 24.3 Å². The lowest BCUT2D eigenvalue weighted by atomic mass is 10.2. The average molecular weight is 490 g/mol. The van der Waals surface area contributed by atoms with Crippen molar-refractivity contribution in [1.29, 1.82) is 0 Å². The third-order valence-corrected chi connectivity index (χ3v) is 5.48. The molecule has 7 nitrogen and oxygen atoms in total. The van der Waals surface area contributed by atoms with Crippen molar-refractivity contribution in [3.8, 4) is 11.5 Å². The van der Waals surface area contributed by atoms with Gasteiger partial charge in [0, 0.05) is 18.8 Å². The number of carbonyl (C=O) groups is 2. The van der Waals surface area contributed by atoms with E-state index in [-0.39, 0.29) is 30.8 Å². The Kier molecular flexibility index (Phi) is 8.80. The van der Waals surface area contributed by atoms with Crippen molar-refractivity contribution < 1.29 is 23.5 Å². The molecule has 0 unspecified atom stereocenters. The van der Waals surface area contributed by atoms with E-state index in [9.17, 15) is 14.0 Å². The summed E-state index contributed by atoms with van der Waals surface area (Å²) in [6, 6.07) is 21.2. The van der Waals surface area contributed by atoms with Crippen molar-refractivity contribution in [2.75, 3.05) is 31.6 Å². The Morgan fingerprint density at radius 1 is 0.889 bits per heavy atom. The Balaban J connectivity index is 1.34. The van der Waals surface area contributed by atoms with Gasteiger partial charge >= 0.3 is 0 Å². The zero-order valence-electron chi connectivity index (χ0n) is 19.7. The van der Waals surface area contributed by atoms with Crippen LogP contribution < -0.4 is 15.4 Å². The van der Waals surface area contributed by atoms with E-state index >= 15 is 0 Å².